The van der Waals surface area contributed by atoms with Crippen LogP contribution in [0.15, 0.2) is 21.5 Å². The van der Waals surface area contributed by atoms with Gasteiger partial charge in [-0.15, -0.1) is 0 Å². The fourth-order valence-electron chi connectivity index (χ4n) is 2.89. The van der Waals surface area contributed by atoms with Crippen molar-refractivity contribution in [3.8, 4) is 0 Å². The fraction of sp³-hybridized carbons (Fsp3) is 0.533. The van der Waals surface area contributed by atoms with Gasteiger partial charge < -0.3 is 20.1 Å². The quantitative estimate of drug-likeness (QED) is 0.710. The molecule has 1 aliphatic rings. The van der Waals surface area contributed by atoms with E-state index in [2.05, 4.69) is 26.2 Å². The van der Waals surface area contributed by atoms with Gasteiger partial charge in [0.05, 0.1) is 16.1 Å². The lowest BCUT2D eigenvalue weighted by atomic mass is 9.54. The van der Waals surface area contributed by atoms with Gasteiger partial charge in [0.15, 0.2) is 0 Å². The van der Waals surface area contributed by atoms with Crippen LogP contribution in [-0.2, 0) is 9.53 Å². The van der Waals surface area contributed by atoms with Crippen molar-refractivity contribution in [1.29, 1.82) is 0 Å². The first-order chi connectivity index (χ1) is 10.7. The van der Waals surface area contributed by atoms with E-state index in [-0.39, 0.29) is 28.1 Å². The predicted molar refractivity (Wildman–Crippen MR) is 86.4 cm³/mol. The number of aliphatic carboxylic acids is 1. The summed E-state index contributed by atoms with van der Waals surface area (Å²) in [7, 11) is 0. The van der Waals surface area contributed by atoms with Crippen molar-refractivity contribution in [2.24, 2.45) is 5.41 Å². The van der Waals surface area contributed by atoms with E-state index in [9.17, 15) is 19.5 Å². The van der Waals surface area contributed by atoms with Crippen LogP contribution in [0.4, 0.5) is 0 Å². The van der Waals surface area contributed by atoms with E-state index >= 15 is 0 Å². The number of hydrogen-bond acceptors (Lipinski definition) is 4. The lowest BCUT2D eigenvalue weighted by Crippen LogP contribution is -2.76. The van der Waals surface area contributed by atoms with Crippen molar-refractivity contribution >= 4 is 27.8 Å². The number of halogens is 1. The van der Waals surface area contributed by atoms with E-state index in [0.717, 1.165) is 0 Å². The molecule has 2 atom stereocenters. The standard InChI is InChI=1S/C15H19BrN2O5/c1-4-23-10-6-15(13(21)22,14(10,2)3)18-11(19)8-5-9(16)12(20)17-7-8/h5,7,10H,4,6H2,1-3H3,(H,17,20)(H,18,19)(H,21,22). The minimum Gasteiger partial charge on any atom is -0.479 e. The topological polar surface area (TPSA) is 108 Å². The van der Waals surface area contributed by atoms with Gasteiger partial charge in [-0.1, -0.05) is 13.8 Å². The summed E-state index contributed by atoms with van der Waals surface area (Å²) in [5.74, 6) is -1.66. The molecule has 1 saturated carbocycles. The summed E-state index contributed by atoms with van der Waals surface area (Å²) in [6.07, 6.45) is 1.20. The molecule has 1 fully saturated rings. The molecule has 1 amide bonds. The molecule has 0 spiro atoms. The van der Waals surface area contributed by atoms with Crippen molar-refractivity contribution in [3.63, 3.8) is 0 Å². The third-order valence-electron chi connectivity index (χ3n) is 4.58. The molecule has 8 heteroatoms. The molecule has 126 valence electrons. The summed E-state index contributed by atoms with van der Waals surface area (Å²) in [6, 6.07) is 1.36. The van der Waals surface area contributed by atoms with Crippen molar-refractivity contribution < 1.29 is 19.4 Å². The van der Waals surface area contributed by atoms with E-state index in [1.807, 2.05) is 6.92 Å². The van der Waals surface area contributed by atoms with Gasteiger partial charge in [-0.05, 0) is 28.9 Å². The maximum atomic E-state index is 12.4. The molecule has 0 aliphatic heterocycles. The summed E-state index contributed by atoms with van der Waals surface area (Å²) < 4.78 is 5.75. The maximum Gasteiger partial charge on any atom is 0.330 e. The van der Waals surface area contributed by atoms with Crippen LogP contribution in [0.5, 0.6) is 0 Å². The molecule has 2 unspecified atom stereocenters. The minimum absolute atomic E-state index is 0.174. The molecule has 0 aromatic carbocycles. The summed E-state index contributed by atoms with van der Waals surface area (Å²) in [5, 5.41) is 12.3. The van der Waals surface area contributed by atoms with Gasteiger partial charge in [0.1, 0.15) is 5.54 Å². The molecule has 0 radical (unpaired) electrons. The maximum absolute atomic E-state index is 12.4. The Morgan fingerprint density at radius 2 is 2.17 bits per heavy atom. The van der Waals surface area contributed by atoms with E-state index in [0.29, 0.717) is 6.61 Å². The number of hydrogen-bond donors (Lipinski definition) is 3. The normalized spacial score (nSPS) is 25.5. The summed E-state index contributed by atoms with van der Waals surface area (Å²) in [6.45, 7) is 5.83. The summed E-state index contributed by atoms with van der Waals surface area (Å²) in [4.78, 5) is 38.0. The number of aromatic amines is 1. The molecule has 1 aromatic rings. The zero-order valence-corrected chi connectivity index (χ0v) is 14.7. The van der Waals surface area contributed by atoms with Gasteiger partial charge in [0.2, 0.25) is 0 Å². The predicted octanol–water partition coefficient (Wildman–Crippen LogP) is 1.53. The van der Waals surface area contributed by atoms with Crippen molar-refractivity contribution in [2.45, 2.75) is 38.8 Å². The van der Waals surface area contributed by atoms with Crippen molar-refractivity contribution in [1.82, 2.24) is 10.3 Å². The molecule has 3 N–H and O–H groups in total. The van der Waals surface area contributed by atoms with E-state index in [1.54, 1.807) is 13.8 Å². The van der Waals surface area contributed by atoms with Crippen LogP contribution < -0.4 is 10.9 Å². The number of pyridine rings is 1. The average Bonchev–Trinajstić information content (AvgIpc) is 2.48. The van der Waals surface area contributed by atoms with Gasteiger partial charge in [0, 0.05) is 24.6 Å². The number of aromatic nitrogens is 1. The first kappa shape index (κ1) is 17.7. The first-order valence-electron chi connectivity index (χ1n) is 7.21. The lowest BCUT2D eigenvalue weighted by molar-refractivity contribution is -0.190. The Kier molecular flexibility index (Phi) is 4.68. The van der Waals surface area contributed by atoms with Crippen LogP contribution in [0.25, 0.3) is 0 Å². The van der Waals surface area contributed by atoms with Crippen LogP contribution in [-0.4, -0.2) is 40.2 Å². The number of carboxylic acid groups (broad SMARTS) is 1. The SMILES string of the molecule is CCOC1CC(NC(=O)c2c[nH]c(=O)c(Br)c2)(C(=O)O)C1(C)C. The monoisotopic (exact) mass is 386 g/mol. The van der Waals surface area contributed by atoms with Crippen molar-refractivity contribution in [3.05, 3.63) is 32.7 Å². The highest BCUT2D eigenvalue weighted by molar-refractivity contribution is 9.10. The second-order valence-corrected chi connectivity index (χ2v) is 6.95. The van der Waals surface area contributed by atoms with Gasteiger partial charge in [-0.3, -0.25) is 9.59 Å². The van der Waals surface area contributed by atoms with Crippen LogP contribution >= 0.6 is 15.9 Å². The minimum atomic E-state index is -1.41. The number of amides is 1. The highest BCUT2D eigenvalue weighted by atomic mass is 79.9. The summed E-state index contributed by atoms with van der Waals surface area (Å²) in [5.41, 5.74) is -2.36. The van der Waals surface area contributed by atoms with Gasteiger partial charge >= 0.3 is 5.97 Å². The van der Waals surface area contributed by atoms with E-state index in [1.165, 1.54) is 12.3 Å². The zero-order chi connectivity index (χ0) is 17.4. The van der Waals surface area contributed by atoms with Crippen LogP contribution in [0.3, 0.4) is 0 Å². The number of nitrogens with one attached hydrogen (secondary N) is 2. The molecular formula is C15H19BrN2O5. The number of H-pyrrole nitrogens is 1. The fourth-order valence-corrected chi connectivity index (χ4v) is 3.25. The molecule has 1 aromatic heterocycles. The smallest absolute Gasteiger partial charge is 0.330 e. The highest BCUT2D eigenvalue weighted by Gasteiger charge is 2.66. The Morgan fingerprint density at radius 3 is 2.65 bits per heavy atom. The molecule has 1 heterocycles. The zero-order valence-electron chi connectivity index (χ0n) is 13.1. The van der Waals surface area contributed by atoms with Gasteiger partial charge in [0.25, 0.3) is 11.5 Å². The van der Waals surface area contributed by atoms with Crippen LogP contribution in [0.2, 0.25) is 0 Å². The van der Waals surface area contributed by atoms with Gasteiger partial charge in [-0.25, -0.2) is 4.79 Å². The molecule has 0 bridgehead atoms. The first-order valence-corrected chi connectivity index (χ1v) is 8.00. The number of rotatable bonds is 5. The number of ether oxygens (including phenoxy) is 1. The molecule has 1 aliphatic carbocycles. The van der Waals surface area contributed by atoms with Gasteiger partial charge in [-0.2, -0.15) is 0 Å². The summed E-state index contributed by atoms with van der Waals surface area (Å²) >= 11 is 3.05. The Hall–Kier alpha value is -1.67. The highest BCUT2D eigenvalue weighted by Crippen LogP contribution is 2.51. The largest absolute Gasteiger partial charge is 0.479 e. The lowest BCUT2D eigenvalue weighted by Gasteiger charge is -2.58. The third kappa shape index (κ3) is 2.81. The van der Waals surface area contributed by atoms with Crippen molar-refractivity contribution in [2.75, 3.05) is 6.61 Å². The molecule has 2 rings (SSSR count). The Bertz CT molecular complexity index is 699. The second kappa shape index (κ2) is 6.09. The number of carboxylic acids is 1. The Morgan fingerprint density at radius 1 is 1.52 bits per heavy atom. The van der Waals surface area contributed by atoms with E-state index < -0.39 is 22.8 Å². The third-order valence-corrected chi connectivity index (χ3v) is 5.17. The average molecular weight is 387 g/mol. The number of carbonyl (C=O) groups excluding carboxylic acids is 1. The van der Waals surface area contributed by atoms with E-state index in [4.69, 9.17) is 4.74 Å². The molecular weight excluding hydrogens is 368 g/mol. The molecule has 7 nitrogen and oxygen atoms in total. The Balaban J connectivity index is 2.27. The Labute approximate surface area is 141 Å². The van der Waals surface area contributed by atoms with Crippen LogP contribution in [0, 0.1) is 5.41 Å². The second-order valence-electron chi connectivity index (χ2n) is 6.10. The molecule has 23 heavy (non-hydrogen) atoms. The van der Waals surface area contributed by atoms with Crippen LogP contribution in [0.1, 0.15) is 37.6 Å². The number of carbonyl (C=O) groups is 2. The molecule has 0 saturated heterocycles.